The Morgan fingerprint density at radius 1 is 0.281 bits per heavy atom. The molecule has 0 N–H and O–H groups in total. The minimum atomic E-state index is -2.77. The van der Waals surface area contributed by atoms with E-state index in [1.165, 1.54) is 63.2 Å². The van der Waals surface area contributed by atoms with Crippen LogP contribution in [0.4, 0.5) is 17.1 Å². The summed E-state index contributed by atoms with van der Waals surface area (Å²) in [6.07, 6.45) is 0. The first-order valence-corrected chi connectivity index (χ1v) is 22.3. The number of anilines is 3. The fraction of sp³-hybridized carbons (Fsp3) is 0. The third-order valence-electron chi connectivity index (χ3n) is 11.2. The average Bonchev–Trinajstić information content (AvgIpc) is 3.66. The molecule has 10 aromatic rings. The molecule has 270 valence electrons. The maximum Gasteiger partial charge on any atom is 0.179 e. The summed E-state index contributed by atoms with van der Waals surface area (Å²) < 4.78 is 2.57. The Labute approximate surface area is 339 Å². The molecule has 0 bridgehead atoms. The highest BCUT2D eigenvalue weighted by Crippen LogP contribution is 2.42. The van der Waals surface area contributed by atoms with E-state index >= 15 is 0 Å². The van der Waals surface area contributed by atoms with Crippen molar-refractivity contribution in [1.82, 2.24) is 0 Å². The lowest BCUT2D eigenvalue weighted by Gasteiger charge is -2.35. The van der Waals surface area contributed by atoms with E-state index in [-0.39, 0.29) is 0 Å². The zero-order valence-electron chi connectivity index (χ0n) is 31.4. The number of rotatable bonds is 9. The Morgan fingerprint density at radius 2 is 0.684 bits per heavy atom. The third kappa shape index (κ3) is 6.37. The molecule has 0 aliphatic heterocycles. The van der Waals surface area contributed by atoms with Gasteiger partial charge in [-0.2, -0.15) is 0 Å². The number of thiophene rings is 1. The topological polar surface area (TPSA) is 3.24 Å². The van der Waals surface area contributed by atoms with Crippen molar-refractivity contribution in [2.75, 3.05) is 4.90 Å². The normalized spacial score (nSPS) is 11.5. The van der Waals surface area contributed by atoms with Crippen molar-refractivity contribution in [2.24, 2.45) is 0 Å². The van der Waals surface area contributed by atoms with Gasteiger partial charge in [0.2, 0.25) is 0 Å². The zero-order valence-corrected chi connectivity index (χ0v) is 33.2. The van der Waals surface area contributed by atoms with Gasteiger partial charge in [0.25, 0.3) is 0 Å². The van der Waals surface area contributed by atoms with Crippen LogP contribution in [0.25, 0.3) is 42.4 Å². The number of hydrogen-bond donors (Lipinski definition) is 0. The van der Waals surface area contributed by atoms with Gasteiger partial charge in [0.1, 0.15) is 0 Å². The Hall–Kier alpha value is -6.78. The van der Waals surface area contributed by atoms with Gasteiger partial charge in [0, 0.05) is 37.2 Å². The molecule has 0 saturated carbocycles. The van der Waals surface area contributed by atoms with Crippen molar-refractivity contribution in [2.45, 2.75) is 0 Å². The highest BCUT2D eigenvalue weighted by Gasteiger charge is 2.41. The van der Waals surface area contributed by atoms with Crippen LogP contribution in [0.5, 0.6) is 0 Å². The smallest absolute Gasteiger partial charge is 0.179 e. The van der Waals surface area contributed by atoms with Crippen LogP contribution in [-0.4, -0.2) is 8.07 Å². The molecule has 0 amide bonds. The van der Waals surface area contributed by atoms with Crippen LogP contribution in [0.2, 0.25) is 0 Å². The van der Waals surface area contributed by atoms with Gasteiger partial charge in [0.05, 0.1) is 0 Å². The molecule has 0 aliphatic carbocycles. The van der Waals surface area contributed by atoms with Gasteiger partial charge in [-0.3, -0.25) is 0 Å². The molecule has 0 aliphatic rings. The lowest BCUT2D eigenvalue weighted by Crippen LogP contribution is -2.74. The summed E-state index contributed by atoms with van der Waals surface area (Å²) in [6, 6.07) is 87.2. The van der Waals surface area contributed by atoms with Gasteiger partial charge in [-0.15, -0.1) is 11.3 Å². The van der Waals surface area contributed by atoms with Crippen molar-refractivity contribution >= 4 is 77.4 Å². The van der Waals surface area contributed by atoms with Crippen LogP contribution in [0.3, 0.4) is 0 Å². The predicted molar refractivity (Wildman–Crippen MR) is 249 cm³/mol. The van der Waals surface area contributed by atoms with E-state index in [1.54, 1.807) is 0 Å². The molecule has 0 atom stereocenters. The zero-order chi connectivity index (χ0) is 38.0. The fourth-order valence-corrected chi connectivity index (χ4v) is 14.5. The van der Waals surface area contributed by atoms with E-state index in [9.17, 15) is 0 Å². The van der Waals surface area contributed by atoms with E-state index in [0.29, 0.717) is 0 Å². The average molecular weight is 762 g/mol. The monoisotopic (exact) mass is 761 g/mol. The summed E-state index contributed by atoms with van der Waals surface area (Å²) in [5, 5.41) is 8.00. The van der Waals surface area contributed by atoms with Crippen LogP contribution in [0.1, 0.15) is 0 Å². The molecule has 0 radical (unpaired) electrons. The number of nitrogens with zero attached hydrogens (tertiary/aromatic N) is 1. The quantitative estimate of drug-likeness (QED) is 0.105. The van der Waals surface area contributed by atoms with Gasteiger partial charge in [0.15, 0.2) is 8.07 Å². The first kappa shape index (κ1) is 34.7. The highest BCUT2D eigenvalue weighted by atomic mass is 32.1. The second-order valence-electron chi connectivity index (χ2n) is 14.5. The molecule has 0 fully saturated rings. The largest absolute Gasteiger partial charge is 0.310 e. The first-order valence-electron chi connectivity index (χ1n) is 19.5. The summed E-state index contributed by atoms with van der Waals surface area (Å²) in [4.78, 5) is 2.45. The van der Waals surface area contributed by atoms with Crippen molar-refractivity contribution < 1.29 is 0 Å². The van der Waals surface area contributed by atoms with Crippen molar-refractivity contribution in [1.29, 1.82) is 0 Å². The summed E-state index contributed by atoms with van der Waals surface area (Å²) in [7, 11) is -2.77. The second-order valence-corrected chi connectivity index (χ2v) is 19.4. The minimum Gasteiger partial charge on any atom is -0.310 e. The Kier molecular flexibility index (Phi) is 9.15. The lowest BCUT2D eigenvalue weighted by molar-refractivity contribution is 1.29. The van der Waals surface area contributed by atoms with Gasteiger partial charge < -0.3 is 4.90 Å². The Morgan fingerprint density at radius 3 is 1.25 bits per heavy atom. The molecule has 57 heavy (non-hydrogen) atoms. The van der Waals surface area contributed by atoms with Gasteiger partial charge in [-0.1, -0.05) is 194 Å². The van der Waals surface area contributed by atoms with Crippen molar-refractivity contribution in [3.8, 4) is 22.3 Å². The number of hydrogen-bond acceptors (Lipinski definition) is 2. The van der Waals surface area contributed by atoms with Crippen molar-refractivity contribution in [3.05, 3.63) is 237 Å². The van der Waals surface area contributed by atoms with Gasteiger partial charge >= 0.3 is 0 Å². The van der Waals surface area contributed by atoms with Crippen molar-refractivity contribution in [3.63, 3.8) is 0 Å². The maximum absolute atomic E-state index is 2.77. The molecule has 1 aromatic heterocycles. The van der Waals surface area contributed by atoms with Crippen LogP contribution in [0.15, 0.2) is 237 Å². The van der Waals surface area contributed by atoms with E-state index in [2.05, 4.69) is 241 Å². The molecule has 0 unspecified atom stereocenters. The SMILES string of the molecule is c1ccc(-c2cccc(N(c3cccc([Si](c4ccccc4)(c4ccccc4)c4ccccc4)c3)c3ccc4c(c3)sc3cc(-c5ccccc5)ccc34)c2)cc1. The summed E-state index contributed by atoms with van der Waals surface area (Å²) >= 11 is 1.87. The summed E-state index contributed by atoms with van der Waals surface area (Å²) in [6.45, 7) is 0. The predicted octanol–water partition coefficient (Wildman–Crippen LogP) is 12.2. The highest BCUT2D eigenvalue weighted by molar-refractivity contribution is 7.26. The van der Waals surface area contributed by atoms with Crippen LogP contribution >= 0.6 is 11.3 Å². The second kappa shape index (κ2) is 15.0. The molecule has 9 aromatic carbocycles. The van der Waals surface area contributed by atoms with Gasteiger partial charge in [-0.05, 0) is 85.5 Å². The van der Waals surface area contributed by atoms with E-state index in [0.717, 1.165) is 17.1 Å². The Balaban J connectivity index is 1.19. The number of fused-ring (bicyclic) bond motifs is 3. The standard InChI is InChI=1S/C54H39NSSi/c1-6-18-40(19-7-1)42-22-16-23-44(36-42)55(46-33-35-52-51-34-32-43(41-20-8-2-9-21-41)37-53(51)56-54(52)39-46)45-24-17-31-50(38-45)57(47-25-10-3-11-26-47,48-27-12-4-13-28-48)49-29-14-5-15-30-49/h1-39H. The Bertz CT molecular complexity index is 2850. The van der Waals surface area contributed by atoms with Gasteiger partial charge in [-0.25, -0.2) is 0 Å². The lowest BCUT2D eigenvalue weighted by atomic mass is 10.0. The van der Waals surface area contributed by atoms with Crippen LogP contribution in [0, 0.1) is 0 Å². The molecule has 1 heterocycles. The first-order chi connectivity index (χ1) is 28.3. The third-order valence-corrected chi connectivity index (χ3v) is 17.1. The molecule has 10 rings (SSSR count). The molecule has 3 heteroatoms. The molecule has 0 spiro atoms. The van der Waals surface area contributed by atoms with Crippen LogP contribution < -0.4 is 25.6 Å². The molecule has 1 nitrogen and oxygen atoms in total. The minimum absolute atomic E-state index is 1.12. The summed E-state index contributed by atoms with van der Waals surface area (Å²) in [5.74, 6) is 0. The maximum atomic E-state index is 2.47. The fourth-order valence-electron chi connectivity index (χ4n) is 8.56. The van der Waals surface area contributed by atoms with Crippen LogP contribution in [-0.2, 0) is 0 Å². The number of benzene rings is 9. The van der Waals surface area contributed by atoms with E-state index in [4.69, 9.17) is 0 Å². The molecular formula is C54H39NSSi. The molecular weight excluding hydrogens is 723 g/mol. The molecule has 0 saturated heterocycles. The van der Waals surface area contributed by atoms with E-state index < -0.39 is 8.07 Å². The summed E-state index contributed by atoms with van der Waals surface area (Å²) in [5.41, 5.74) is 8.25. The van der Waals surface area contributed by atoms with E-state index in [1.807, 2.05) is 11.3 Å².